The third kappa shape index (κ3) is 2.79. The van der Waals surface area contributed by atoms with E-state index >= 15 is 0 Å². The fraction of sp³-hybridized carbons (Fsp3) is 0.462. The maximum absolute atomic E-state index is 13.1. The van der Waals surface area contributed by atoms with Crippen molar-refractivity contribution >= 4 is 17.0 Å². The summed E-state index contributed by atoms with van der Waals surface area (Å²) in [7, 11) is 0. The van der Waals surface area contributed by atoms with Gasteiger partial charge < -0.3 is 15.2 Å². The Balaban J connectivity index is 2.17. The highest BCUT2D eigenvalue weighted by Gasteiger charge is 2.09. The second-order valence-corrected chi connectivity index (χ2v) is 4.16. The zero-order chi connectivity index (χ0) is 13.0. The van der Waals surface area contributed by atoms with Crippen molar-refractivity contribution < 1.29 is 4.39 Å². The molecule has 0 saturated carbocycles. The van der Waals surface area contributed by atoms with Gasteiger partial charge in [0.15, 0.2) is 0 Å². The Kier molecular flexibility index (Phi) is 4.15. The number of nitrogens with one attached hydrogen (secondary N) is 2. The van der Waals surface area contributed by atoms with Crippen LogP contribution in [0, 0.1) is 5.82 Å². The average Bonchev–Trinajstić information content (AvgIpc) is 2.77. The molecule has 0 aliphatic heterocycles. The summed E-state index contributed by atoms with van der Waals surface area (Å²) in [5.41, 5.74) is 1.54. The summed E-state index contributed by atoms with van der Waals surface area (Å²) < 4.78 is 13.1. The Hall–Kier alpha value is -1.62. The molecule has 5 heteroatoms. The first-order chi connectivity index (χ1) is 8.74. The van der Waals surface area contributed by atoms with E-state index in [0.717, 1.165) is 43.2 Å². The van der Waals surface area contributed by atoms with Crippen LogP contribution in [0.1, 0.15) is 13.8 Å². The standard InChI is InChI=1S/C13H19FN4/c1-3-15-7-8-18(4-2)13-16-11-6-5-10(14)9-12(11)17-13/h5-6,9,15H,3-4,7-8H2,1-2H3,(H,16,17). The number of hydrogen-bond donors (Lipinski definition) is 2. The van der Waals surface area contributed by atoms with Crippen molar-refractivity contribution in [3.8, 4) is 0 Å². The van der Waals surface area contributed by atoms with Gasteiger partial charge in [0.2, 0.25) is 5.95 Å². The Morgan fingerprint density at radius 2 is 2.22 bits per heavy atom. The number of aromatic nitrogens is 2. The van der Waals surface area contributed by atoms with E-state index < -0.39 is 0 Å². The fourth-order valence-corrected chi connectivity index (χ4v) is 1.92. The van der Waals surface area contributed by atoms with Gasteiger partial charge in [0, 0.05) is 19.6 Å². The van der Waals surface area contributed by atoms with Crippen molar-refractivity contribution in [2.24, 2.45) is 0 Å². The number of benzene rings is 1. The number of aromatic amines is 1. The SMILES string of the molecule is CCNCCN(CC)c1nc2ccc(F)cc2[nH]1. The van der Waals surface area contributed by atoms with Gasteiger partial charge in [-0.1, -0.05) is 6.92 Å². The van der Waals surface area contributed by atoms with Gasteiger partial charge in [0.25, 0.3) is 0 Å². The van der Waals surface area contributed by atoms with E-state index in [4.69, 9.17) is 0 Å². The third-order valence-corrected chi connectivity index (χ3v) is 2.92. The quantitative estimate of drug-likeness (QED) is 0.772. The molecule has 0 fully saturated rings. The average molecular weight is 250 g/mol. The molecule has 18 heavy (non-hydrogen) atoms. The van der Waals surface area contributed by atoms with Crippen LogP contribution in [0.3, 0.4) is 0 Å². The summed E-state index contributed by atoms with van der Waals surface area (Å²) in [5.74, 6) is 0.560. The first-order valence-electron chi connectivity index (χ1n) is 6.35. The molecule has 2 N–H and O–H groups in total. The van der Waals surface area contributed by atoms with Crippen LogP contribution in [-0.4, -0.2) is 36.1 Å². The molecule has 2 rings (SSSR count). The maximum atomic E-state index is 13.1. The Bertz CT molecular complexity index is 509. The molecule has 0 radical (unpaired) electrons. The highest BCUT2D eigenvalue weighted by molar-refractivity contribution is 5.77. The molecule has 0 bridgehead atoms. The molecule has 0 aliphatic carbocycles. The summed E-state index contributed by atoms with van der Waals surface area (Å²) in [6.07, 6.45) is 0. The lowest BCUT2D eigenvalue weighted by atomic mass is 10.3. The normalized spacial score (nSPS) is 11.1. The summed E-state index contributed by atoms with van der Waals surface area (Å²) in [6.45, 7) is 7.79. The zero-order valence-electron chi connectivity index (χ0n) is 10.8. The van der Waals surface area contributed by atoms with Gasteiger partial charge in [-0.25, -0.2) is 9.37 Å². The zero-order valence-corrected chi connectivity index (χ0v) is 10.8. The van der Waals surface area contributed by atoms with Crippen LogP contribution in [0.25, 0.3) is 11.0 Å². The molecule has 0 amide bonds. The van der Waals surface area contributed by atoms with Gasteiger partial charge in [0.05, 0.1) is 11.0 Å². The van der Waals surface area contributed by atoms with Gasteiger partial charge in [-0.15, -0.1) is 0 Å². The van der Waals surface area contributed by atoms with Crippen molar-refractivity contribution in [2.45, 2.75) is 13.8 Å². The predicted molar refractivity (Wildman–Crippen MR) is 72.5 cm³/mol. The van der Waals surface area contributed by atoms with Crippen molar-refractivity contribution in [1.29, 1.82) is 0 Å². The van der Waals surface area contributed by atoms with E-state index in [1.54, 1.807) is 6.07 Å². The number of anilines is 1. The van der Waals surface area contributed by atoms with Gasteiger partial charge >= 0.3 is 0 Å². The van der Waals surface area contributed by atoms with E-state index in [0.29, 0.717) is 0 Å². The van der Waals surface area contributed by atoms with Crippen LogP contribution in [0.5, 0.6) is 0 Å². The molecule has 2 aromatic rings. The van der Waals surface area contributed by atoms with E-state index in [9.17, 15) is 4.39 Å². The Morgan fingerprint density at radius 1 is 1.39 bits per heavy atom. The van der Waals surface area contributed by atoms with E-state index in [1.165, 1.54) is 12.1 Å². The van der Waals surface area contributed by atoms with E-state index in [2.05, 4.69) is 34.0 Å². The van der Waals surface area contributed by atoms with Crippen molar-refractivity contribution in [3.05, 3.63) is 24.0 Å². The van der Waals surface area contributed by atoms with E-state index in [-0.39, 0.29) is 5.82 Å². The van der Waals surface area contributed by atoms with Crippen LogP contribution >= 0.6 is 0 Å². The van der Waals surface area contributed by atoms with Crippen molar-refractivity contribution in [3.63, 3.8) is 0 Å². The number of imidazole rings is 1. The molecule has 4 nitrogen and oxygen atoms in total. The smallest absolute Gasteiger partial charge is 0.203 e. The van der Waals surface area contributed by atoms with Crippen LogP contribution in [0.4, 0.5) is 10.3 Å². The minimum absolute atomic E-state index is 0.242. The minimum atomic E-state index is -0.242. The number of nitrogens with zero attached hydrogens (tertiary/aromatic N) is 2. The van der Waals surface area contributed by atoms with Crippen molar-refractivity contribution in [2.75, 3.05) is 31.1 Å². The molecule has 1 aromatic heterocycles. The number of fused-ring (bicyclic) bond motifs is 1. The van der Waals surface area contributed by atoms with Crippen LogP contribution in [0.2, 0.25) is 0 Å². The fourth-order valence-electron chi connectivity index (χ4n) is 1.92. The lowest BCUT2D eigenvalue weighted by Crippen LogP contribution is -2.32. The summed E-state index contributed by atoms with van der Waals surface area (Å²) in [5, 5.41) is 3.28. The van der Waals surface area contributed by atoms with Crippen LogP contribution in [0.15, 0.2) is 18.2 Å². The lowest BCUT2D eigenvalue weighted by molar-refractivity contribution is 0.629. The van der Waals surface area contributed by atoms with Crippen LogP contribution in [-0.2, 0) is 0 Å². The largest absolute Gasteiger partial charge is 0.341 e. The second kappa shape index (κ2) is 5.82. The molecular weight excluding hydrogens is 231 g/mol. The third-order valence-electron chi connectivity index (χ3n) is 2.92. The molecule has 1 aromatic carbocycles. The molecular formula is C13H19FN4. The van der Waals surface area contributed by atoms with Crippen molar-refractivity contribution in [1.82, 2.24) is 15.3 Å². The maximum Gasteiger partial charge on any atom is 0.203 e. The van der Waals surface area contributed by atoms with Crippen LogP contribution < -0.4 is 10.2 Å². The Labute approximate surface area is 106 Å². The highest BCUT2D eigenvalue weighted by Crippen LogP contribution is 2.17. The number of hydrogen-bond acceptors (Lipinski definition) is 3. The summed E-state index contributed by atoms with van der Waals surface area (Å²) in [6, 6.07) is 4.61. The minimum Gasteiger partial charge on any atom is -0.341 e. The molecule has 1 heterocycles. The molecule has 0 saturated heterocycles. The number of H-pyrrole nitrogens is 1. The molecule has 0 spiro atoms. The van der Waals surface area contributed by atoms with Gasteiger partial charge in [-0.05, 0) is 31.7 Å². The topological polar surface area (TPSA) is 44.0 Å². The van der Waals surface area contributed by atoms with Gasteiger partial charge in [0.1, 0.15) is 5.82 Å². The predicted octanol–water partition coefficient (Wildman–Crippen LogP) is 2.14. The molecule has 98 valence electrons. The molecule has 0 atom stereocenters. The monoisotopic (exact) mass is 250 g/mol. The summed E-state index contributed by atoms with van der Waals surface area (Å²) in [4.78, 5) is 9.78. The number of likely N-dealkylation sites (N-methyl/N-ethyl adjacent to an activating group) is 2. The van der Waals surface area contributed by atoms with E-state index in [1.807, 2.05) is 0 Å². The summed E-state index contributed by atoms with van der Waals surface area (Å²) >= 11 is 0. The number of halogens is 1. The Morgan fingerprint density at radius 3 is 2.94 bits per heavy atom. The van der Waals surface area contributed by atoms with Gasteiger partial charge in [-0.3, -0.25) is 0 Å². The molecule has 0 unspecified atom stereocenters. The van der Waals surface area contributed by atoms with Gasteiger partial charge in [-0.2, -0.15) is 0 Å². The highest BCUT2D eigenvalue weighted by atomic mass is 19.1. The second-order valence-electron chi connectivity index (χ2n) is 4.16. The number of rotatable bonds is 6. The molecule has 0 aliphatic rings. The first kappa shape index (κ1) is 12.8. The lowest BCUT2D eigenvalue weighted by Gasteiger charge is -2.19. The first-order valence-corrected chi connectivity index (χ1v) is 6.35.